The molecule has 1 heterocycles. The Hall–Kier alpha value is -4.72. The first kappa shape index (κ1) is 20.2. The Bertz CT molecular complexity index is 1560. The predicted molar refractivity (Wildman–Crippen MR) is 126 cm³/mol. The van der Waals surface area contributed by atoms with Crippen molar-refractivity contribution in [2.75, 3.05) is 7.11 Å². The molecule has 0 radical (unpaired) electrons. The zero-order valence-corrected chi connectivity index (χ0v) is 17.4. The van der Waals surface area contributed by atoms with E-state index in [1.807, 2.05) is 30.3 Å². The molecule has 0 bridgehead atoms. The van der Waals surface area contributed by atoms with Crippen molar-refractivity contribution in [1.29, 1.82) is 0 Å². The number of ether oxygens (including phenoxy) is 1. The first-order valence-corrected chi connectivity index (χ1v) is 10.0. The lowest BCUT2D eigenvalue weighted by Crippen LogP contribution is -1.94. The van der Waals surface area contributed by atoms with Gasteiger partial charge in [-0.25, -0.2) is 4.98 Å². The first-order chi connectivity index (χ1) is 16.0. The van der Waals surface area contributed by atoms with Gasteiger partial charge in [0.15, 0.2) is 11.3 Å². The summed E-state index contributed by atoms with van der Waals surface area (Å²) in [5.74, 6) is 0.556. The van der Waals surface area contributed by atoms with Crippen molar-refractivity contribution in [3.63, 3.8) is 0 Å². The van der Waals surface area contributed by atoms with E-state index in [4.69, 9.17) is 9.15 Å². The highest BCUT2D eigenvalue weighted by Gasteiger charge is 2.18. The number of hydrogen-bond acceptors (Lipinski definition) is 7. The van der Waals surface area contributed by atoms with E-state index in [2.05, 4.69) is 9.98 Å². The molecule has 0 aliphatic rings. The van der Waals surface area contributed by atoms with Gasteiger partial charge in [-0.2, -0.15) is 0 Å². The summed E-state index contributed by atoms with van der Waals surface area (Å²) in [6.07, 6.45) is 1.62. The second-order valence-corrected chi connectivity index (χ2v) is 7.29. The van der Waals surface area contributed by atoms with Crippen LogP contribution in [0.5, 0.6) is 11.5 Å². The van der Waals surface area contributed by atoms with E-state index in [9.17, 15) is 15.2 Å². The van der Waals surface area contributed by atoms with Crippen molar-refractivity contribution in [3.8, 4) is 23.0 Å². The number of aromatic nitrogens is 1. The van der Waals surface area contributed by atoms with Crippen molar-refractivity contribution < 1.29 is 19.2 Å². The molecule has 0 fully saturated rings. The Kier molecular flexibility index (Phi) is 4.95. The van der Waals surface area contributed by atoms with Crippen LogP contribution in [0.15, 0.2) is 82.2 Å². The molecule has 0 saturated heterocycles. The molecule has 162 valence electrons. The average Bonchev–Trinajstić information content (AvgIpc) is 3.26. The van der Waals surface area contributed by atoms with Gasteiger partial charge in [0.2, 0.25) is 5.89 Å². The van der Waals surface area contributed by atoms with Crippen LogP contribution in [-0.4, -0.2) is 28.3 Å². The largest absolute Gasteiger partial charge is 0.507 e. The normalized spacial score (nSPS) is 11.4. The third-order valence-corrected chi connectivity index (χ3v) is 5.28. The number of nitro benzene ring substituents is 1. The maximum atomic E-state index is 11.3. The van der Waals surface area contributed by atoms with E-state index in [1.165, 1.54) is 19.2 Å². The summed E-state index contributed by atoms with van der Waals surface area (Å²) in [7, 11) is 1.38. The molecule has 4 aromatic carbocycles. The Morgan fingerprint density at radius 1 is 1.09 bits per heavy atom. The molecule has 0 spiro atoms. The average molecular weight is 439 g/mol. The number of rotatable bonds is 5. The van der Waals surface area contributed by atoms with Gasteiger partial charge in [-0.1, -0.05) is 30.3 Å². The van der Waals surface area contributed by atoms with Crippen LogP contribution >= 0.6 is 0 Å². The molecule has 8 nitrogen and oxygen atoms in total. The van der Waals surface area contributed by atoms with Crippen LogP contribution in [0.1, 0.15) is 5.56 Å². The van der Waals surface area contributed by atoms with E-state index < -0.39 is 4.92 Å². The Morgan fingerprint density at radius 3 is 2.76 bits per heavy atom. The van der Waals surface area contributed by atoms with Gasteiger partial charge in [0.1, 0.15) is 11.3 Å². The fourth-order valence-corrected chi connectivity index (χ4v) is 3.64. The zero-order valence-electron chi connectivity index (χ0n) is 17.4. The van der Waals surface area contributed by atoms with Gasteiger partial charge in [-0.05, 0) is 47.2 Å². The van der Waals surface area contributed by atoms with E-state index in [0.717, 1.165) is 10.8 Å². The smallest absolute Gasteiger partial charge is 0.311 e. The van der Waals surface area contributed by atoms with Crippen molar-refractivity contribution in [2.45, 2.75) is 0 Å². The first-order valence-electron chi connectivity index (χ1n) is 10.0. The number of nitro groups is 1. The summed E-state index contributed by atoms with van der Waals surface area (Å²) in [6, 6.07) is 21.0. The van der Waals surface area contributed by atoms with Crippen LogP contribution in [0.4, 0.5) is 11.4 Å². The highest BCUT2D eigenvalue weighted by atomic mass is 16.6. The minimum atomic E-state index is -0.513. The minimum Gasteiger partial charge on any atom is -0.507 e. The van der Waals surface area contributed by atoms with E-state index in [0.29, 0.717) is 27.9 Å². The van der Waals surface area contributed by atoms with Crippen LogP contribution in [0.2, 0.25) is 0 Å². The van der Waals surface area contributed by atoms with Crippen LogP contribution in [0.25, 0.3) is 33.3 Å². The number of aliphatic imine (C=N–C) groups is 1. The SMILES string of the molecule is COc1ccc(-c2nc3cc(N=Cc4c(O)ccc5ccccc45)ccc3o2)cc1[N+](=O)[O-]. The number of aromatic hydroxyl groups is 1. The quantitative estimate of drug-likeness (QED) is 0.204. The van der Waals surface area contributed by atoms with Crippen LogP contribution in [0, 0.1) is 10.1 Å². The van der Waals surface area contributed by atoms with Gasteiger partial charge in [0.25, 0.3) is 0 Å². The summed E-state index contributed by atoms with van der Waals surface area (Å²) in [5, 5.41) is 23.5. The number of methoxy groups -OCH3 is 1. The fraction of sp³-hybridized carbons (Fsp3) is 0.0400. The molecule has 1 N–H and O–H groups in total. The van der Waals surface area contributed by atoms with Crippen LogP contribution < -0.4 is 4.74 Å². The van der Waals surface area contributed by atoms with Crippen LogP contribution in [0.3, 0.4) is 0 Å². The van der Waals surface area contributed by atoms with Crippen molar-refractivity contribution in [3.05, 3.63) is 88.5 Å². The Morgan fingerprint density at radius 2 is 1.94 bits per heavy atom. The summed E-state index contributed by atoms with van der Waals surface area (Å²) in [6.45, 7) is 0. The van der Waals surface area contributed by atoms with Crippen molar-refractivity contribution >= 4 is 39.5 Å². The Balaban J connectivity index is 1.51. The van der Waals surface area contributed by atoms with Gasteiger partial charge < -0.3 is 14.3 Å². The predicted octanol–water partition coefficient (Wildman–Crippen LogP) is 6.02. The summed E-state index contributed by atoms with van der Waals surface area (Å²) >= 11 is 0. The highest BCUT2D eigenvalue weighted by molar-refractivity contribution is 6.03. The molecule has 0 unspecified atom stereocenters. The lowest BCUT2D eigenvalue weighted by atomic mass is 10.0. The molecule has 0 atom stereocenters. The van der Waals surface area contributed by atoms with E-state index >= 15 is 0 Å². The standard InChI is InChI=1S/C25H17N3O5/c1-32-24-10-7-16(12-21(24)28(30)31)25-27-20-13-17(8-11-23(20)33-25)26-14-19-18-5-3-2-4-15(18)6-9-22(19)29/h2-14,29H,1H3. The Labute approximate surface area is 187 Å². The fourth-order valence-electron chi connectivity index (χ4n) is 3.64. The molecule has 0 aliphatic heterocycles. The molecule has 5 rings (SSSR count). The maximum absolute atomic E-state index is 11.3. The van der Waals surface area contributed by atoms with Crippen molar-refractivity contribution in [2.24, 2.45) is 4.99 Å². The third-order valence-electron chi connectivity index (χ3n) is 5.28. The number of nitrogens with zero attached hydrogens (tertiary/aromatic N) is 3. The summed E-state index contributed by atoms with van der Waals surface area (Å²) in [5.41, 5.74) is 2.62. The molecule has 1 aromatic heterocycles. The molecule has 5 aromatic rings. The molecule has 8 heteroatoms. The molecule has 0 saturated carbocycles. The molecule has 33 heavy (non-hydrogen) atoms. The van der Waals surface area contributed by atoms with Gasteiger partial charge >= 0.3 is 5.69 Å². The maximum Gasteiger partial charge on any atom is 0.311 e. The van der Waals surface area contributed by atoms with Crippen LogP contribution in [-0.2, 0) is 0 Å². The molecule has 0 amide bonds. The number of oxazole rings is 1. The number of fused-ring (bicyclic) bond motifs is 2. The molecular formula is C25H17N3O5. The second-order valence-electron chi connectivity index (χ2n) is 7.29. The monoisotopic (exact) mass is 439 g/mol. The lowest BCUT2D eigenvalue weighted by Gasteiger charge is -2.04. The summed E-state index contributed by atoms with van der Waals surface area (Å²) in [4.78, 5) is 19.8. The number of hydrogen-bond donors (Lipinski definition) is 1. The number of phenolic OH excluding ortho intramolecular Hbond substituents is 1. The molecule has 0 aliphatic carbocycles. The van der Waals surface area contributed by atoms with Gasteiger partial charge in [0, 0.05) is 23.4 Å². The van der Waals surface area contributed by atoms with Gasteiger partial charge in [-0.3, -0.25) is 15.1 Å². The van der Waals surface area contributed by atoms with Gasteiger partial charge in [-0.15, -0.1) is 0 Å². The second kappa shape index (κ2) is 8.08. The third kappa shape index (κ3) is 3.74. The van der Waals surface area contributed by atoms with E-state index in [1.54, 1.807) is 36.5 Å². The van der Waals surface area contributed by atoms with Crippen molar-refractivity contribution in [1.82, 2.24) is 4.98 Å². The minimum absolute atomic E-state index is 0.142. The number of benzene rings is 4. The highest BCUT2D eigenvalue weighted by Crippen LogP contribution is 2.34. The van der Waals surface area contributed by atoms with E-state index in [-0.39, 0.29) is 23.1 Å². The summed E-state index contributed by atoms with van der Waals surface area (Å²) < 4.78 is 10.8. The zero-order chi connectivity index (χ0) is 22.9. The molecular weight excluding hydrogens is 422 g/mol. The lowest BCUT2D eigenvalue weighted by molar-refractivity contribution is -0.385. The van der Waals surface area contributed by atoms with Gasteiger partial charge in [0.05, 0.1) is 17.7 Å². The number of phenols is 1. The topological polar surface area (TPSA) is 111 Å².